The van der Waals surface area contributed by atoms with Gasteiger partial charge in [-0.1, -0.05) is 11.6 Å². The molecule has 1 N–H and O–H groups in total. The minimum Gasteiger partial charge on any atom is -0.465 e. The number of nitrogens with zero attached hydrogens (tertiary/aromatic N) is 1. The number of carbonyl (C=O) groups excluding carboxylic acids is 1. The topological polar surface area (TPSA) is 75.7 Å². The highest BCUT2D eigenvalue weighted by Gasteiger charge is 2.40. The number of hydrogen-bond acceptors (Lipinski definition) is 5. The fourth-order valence-electron chi connectivity index (χ4n) is 3.29. The van der Waals surface area contributed by atoms with Crippen LogP contribution in [0.25, 0.3) is 0 Å². The standard InChI is InChI=1S/C16H21ClN2O4S/c1-10-7-12(9-19(10)13-4-5-13)18-24(21,22)15-8-11(16(20)23-2)3-6-14(15)17/h3,6,8,10,12-13,18H,4-5,7,9H2,1-2H3/t10-,12+/m0/s1. The minimum atomic E-state index is -3.81. The van der Waals surface area contributed by atoms with Crippen molar-refractivity contribution in [2.45, 2.75) is 49.2 Å². The molecule has 24 heavy (non-hydrogen) atoms. The number of rotatable bonds is 5. The van der Waals surface area contributed by atoms with Crippen molar-refractivity contribution in [2.75, 3.05) is 13.7 Å². The SMILES string of the molecule is COC(=O)c1ccc(Cl)c(S(=O)(=O)N[C@@H]2C[C@H](C)N(C3CC3)C2)c1. The second-order valence-corrected chi connectivity index (χ2v) is 8.56. The van der Waals surface area contributed by atoms with Gasteiger partial charge in [0.05, 0.1) is 17.7 Å². The van der Waals surface area contributed by atoms with Gasteiger partial charge in [0.1, 0.15) is 4.90 Å². The van der Waals surface area contributed by atoms with Crippen LogP contribution in [0.4, 0.5) is 0 Å². The summed E-state index contributed by atoms with van der Waals surface area (Å²) in [6.07, 6.45) is 3.15. The zero-order valence-corrected chi connectivity index (χ0v) is 15.2. The van der Waals surface area contributed by atoms with Gasteiger partial charge in [-0.15, -0.1) is 0 Å². The Hall–Kier alpha value is -1.15. The van der Waals surface area contributed by atoms with Gasteiger partial charge in [0, 0.05) is 24.7 Å². The molecule has 1 aliphatic carbocycles. The van der Waals surface area contributed by atoms with E-state index in [1.807, 2.05) is 0 Å². The first-order valence-corrected chi connectivity index (χ1v) is 9.84. The molecular weight excluding hydrogens is 352 g/mol. The molecule has 0 amide bonds. The fourth-order valence-corrected chi connectivity index (χ4v) is 5.06. The first-order valence-electron chi connectivity index (χ1n) is 7.97. The third-order valence-corrected chi connectivity index (χ3v) is 6.60. The molecule has 3 rings (SSSR count). The Bertz CT molecular complexity index is 748. The number of benzene rings is 1. The average Bonchev–Trinajstić information content (AvgIpc) is 3.30. The Morgan fingerprint density at radius 1 is 1.38 bits per heavy atom. The van der Waals surface area contributed by atoms with Crippen molar-refractivity contribution in [3.63, 3.8) is 0 Å². The third kappa shape index (κ3) is 3.59. The number of methoxy groups -OCH3 is 1. The Balaban J connectivity index is 1.79. The van der Waals surface area contributed by atoms with Crippen LogP contribution in [0, 0.1) is 0 Å². The molecule has 1 aromatic rings. The van der Waals surface area contributed by atoms with Crippen LogP contribution in [0.5, 0.6) is 0 Å². The summed E-state index contributed by atoms with van der Waals surface area (Å²) in [7, 11) is -2.56. The van der Waals surface area contributed by atoms with E-state index in [9.17, 15) is 13.2 Å². The normalized spacial score (nSPS) is 25.0. The molecule has 0 bridgehead atoms. The summed E-state index contributed by atoms with van der Waals surface area (Å²) in [6, 6.07) is 4.91. The van der Waals surface area contributed by atoms with Gasteiger partial charge in [-0.25, -0.2) is 17.9 Å². The summed E-state index contributed by atoms with van der Waals surface area (Å²) in [5, 5.41) is 0.0836. The van der Waals surface area contributed by atoms with E-state index in [0.717, 1.165) is 6.42 Å². The van der Waals surface area contributed by atoms with Crippen LogP contribution in [-0.4, -0.2) is 51.1 Å². The summed E-state index contributed by atoms with van der Waals surface area (Å²) in [6.45, 7) is 2.83. The molecule has 6 nitrogen and oxygen atoms in total. The number of halogens is 1. The van der Waals surface area contributed by atoms with Crippen LogP contribution in [0.1, 0.15) is 36.5 Å². The molecule has 2 fully saturated rings. The number of likely N-dealkylation sites (tertiary alicyclic amines) is 1. The highest BCUT2D eigenvalue weighted by Crippen LogP contribution is 2.34. The lowest BCUT2D eigenvalue weighted by atomic mass is 10.2. The first-order chi connectivity index (χ1) is 11.3. The third-order valence-electron chi connectivity index (χ3n) is 4.60. The molecule has 1 saturated carbocycles. The zero-order chi connectivity index (χ0) is 17.5. The van der Waals surface area contributed by atoms with Gasteiger partial charge in [-0.2, -0.15) is 0 Å². The maximum atomic E-state index is 12.7. The first kappa shape index (κ1) is 17.7. The second kappa shape index (κ2) is 6.63. The van der Waals surface area contributed by atoms with E-state index in [0.29, 0.717) is 18.6 Å². The van der Waals surface area contributed by atoms with E-state index in [1.54, 1.807) is 0 Å². The van der Waals surface area contributed by atoms with Crippen molar-refractivity contribution in [1.29, 1.82) is 0 Å². The molecular formula is C16H21ClN2O4S. The van der Waals surface area contributed by atoms with E-state index in [1.165, 1.54) is 38.2 Å². The largest absolute Gasteiger partial charge is 0.465 e. The van der Waals surface area contributed by atoms with Gasteiger partial charge in [0.15, 0.2) is 0 Å². The number of hydrogen-bond donors (Lipinski definition) is 1. The maximum Gasteiger partial charge on any atom is 0.337 e. The molecule has 0 aromatic heterocycles. The van der Waals surface area contributed by atoms with Crippen LogP contribution in [0.3, 0.4) is 0 Å². The number of esters is 1. The van der Waals surface area contributed by atoms with Crippen molar-refractivity contribution in [1.82, 2.24) is 9.62 Å². The summed E-state index contributed by atoms with van der Waals surface area (Å²) in [4.78, 5) is 13.9. The average molecular weight is 373 g/mol. The van der Waals surface area contributed by atoms with Gasteiger partial charge >= 0.3 is 5.97 Å². The van der Waals surface area contributed by atoms with Crippen molar-refractivity contribution in [3.8, 4) is 0 Å². The summed E-state index contributed by atoms with van der Waals surface area (Å²) in [5.74, 6) is -0.600. The molecule has 0 radical (unpaired) electrons. The number of ether oxygens (including phenoxy) is 1. The molecule has 1 saturated heterocycles. The molecule has 132 valence electrons. The van der Waals surface area contributed by atoms with E-state index < -0.39 is 16.0 Å². The van der Waals surface area contributed by atoms with Gasteiger partial charge in [-0.3, -0.25) is 4.90 Å². The maximum absolute atomic E-state index is 12.7. The van der Waals surface area contributed by atoms with Crippen LogP contribution < -0.4 is 4.72 Å². The highest BCUT2D eigenvalue weighted by atomic mass is 35.5. The van der Waals surface area contributed by atoms with Crippen molar-refractivity contribution < 1.29 is 17.9 Å². The van der Waals surface area contributed by atoms with Gasteiger partial charge in [0.25, 0.3) is 0 Å². The summed E-state index contributed by atoms with van der Waals surface area (Å²) in [5.41, 5.74) is 0.154. The van der Waals surface area contributed by atoms with Crippen molar-refractivity contribution in [3.05, 3.63) is 28.8 Å². The second-order valence-electron chi connectivity index (χ2n) is 6.47. The number of nitrogens with one attached hydrogen (secondary N) is 1. The van der Waals surface area contributed by atoms with Crippen LogP contribution in [-0.2, 0) is 14.8 Å². The van der Waals surface area contributed by atoms with Gasteiger partial charge in [-0.05, 0) is 44.4 Å². The molecule has 1 aromatic carbocycles. The molecule has 2 aliphatic rings. The Morgan fingerprint density at radius 3 is 2.71 bits per heavy atom. The Kier molecular flexibility index (Phi) is 4.88. The summed E-state index contributed by atoms with van der Waals surface area (Å²) < 4.78 is 32.8. The van der Waals surface area contributed by atoms with Crippen LogP contribution >= 0.6 is 11.6 Å². The molecule has 1 aliphatic heterocycles. The predicted molar refractivity (Wildman–Crippen MR) is 90.7 cm³/mol. The minimum absolute atomic E-state index is 0.0836. The van der Waals surface area contributed by atoms with E-state index >= 15 is 0 Å². The number of carbonyl (C=O) groups is 1. The molecule has 0 unspecified atom stereocenters. The predicted octanol–water partition coefficient (Wildman–Crippen LogP) is 2.03. The van der Waals surface area contributed by atoms with E-state index in [4.69, 9.17) is 11.6 Å². The molecule has 2 atom stereocenters. The van der Waals surface area contributed by atoms with Crippen molar-refractivity contribution >= 4 is 27.6 Å². The highest BCUT2D eigenvalue weighted by molar-refractivity contribution is 7.89. The van der Waals surface area contributed by atoms with E-state index in [2.05, 4.69) is 21.3 Å². The van der Waals surface area contributed by atoms with Gasteiger partial charge < -0.3 is 4.74 Å². The smallest absolute Gasteiger partial charge is 0.337 e. The Morgan fingerprint density at radius 2 is 2.08 bits per heavy atom. The van der Waals surface area contributed by atoms with E-state index in [-0.39, 0.29) is 21.5 Å². The lowest BCUT2D eigenvalue weighted by molar-refractivity contribution is 0.0600. The lowest BCUT2D eigenvalue weighted by Crippen LogP contribution is -2.37. The summed E-state index contributed by atoms with van der Waals surface area (Å²) >= 11 is 6.05. The van der Waals surface area contributed by atoms with Crippen molar-refractivity contribution in [2.24, 2.45) is 0 Å². The molecule has 8 heteroatoms. The molecule has 0 spiro atoms. The quantitative estimate of drug-likeness (QED) is 0.800. The van der Waals surface area contributed by atoms with Gasteiger partial charge in [0.2, 0.25) is 10.0 Å². The lowest BCUT2D eigenvalue weighted by Gasteiger charge is -2.19. The Labute approximate surface area is 147 Å². The molecule has 1 heterocycles. The zero-order valence-electron chi connectivity index (χ0n) is 13.7. The monoisotopic (exact) mass is 372 g/mol. The number of sulfonamides is 1. The fraction of sp³-hybridized carbons (Fsp3) is 0.562. The van der Waals surface area contributed by atoms with Crippen LogP contribution in [0.2, 0.25) is 5.02 Å². The van der Waals surface area contributed by atoms with Crippen LogP contribution in [0.15, 0.2) is 23.1 Å².